The molecule has 0 unspecified atom stereocenters. The molecule has 0 radical (unpaired) electrons. The molecular formula is C19H18Cl2N2O4S. The number of esters is 1. The van der Waals surface area contributed by atoms with Crippen molar-refractivity contribution >= 4 is 57.4 Å². The second-order valence-corrected chi connectivity index (χ2v) is 8.06. The SMILES string of the molecule is CCOC(=O)c1c(NC(=O)NC(=O)c2c(Cl)cccc2Cl)sc2c1CCCC2. The van der Waals surface area contributed by atoms with Crippen molar-refractivity contribution in [3.63, 3.8) is 0 Å². The Labute approximate surface area is 176 Å². The quantitative estimate of drug-likeness (QED) is 0.649. The number of thiophene rings is 1. The van der Waals surface area contributed by atoms with E-state index >= 15 is 0 Å². The van der Waals surface area contributed by atoms with Gasteiger partial charge in [0.05, 0.1) is 27.8 Å². The maximum atomic E-state index is 12.4. The zero-order valence-corrected chi connectivity index (χ0v) is 17.4. The lowest BCUT2D eigenvalue weighted by Gasteiger charge is -2.12. The van der Waals surface area contributed by atoms with Crippen LogP contribution < -0.4 is 10.6 Å². The number of anilines is 1. The van der Waals surface area contributed by atoms with Crippen LogP contribution in [0, 0.1) is 0 Å². The third-order valence-corrected chi connectivity index (χ3v) is 6.13. The molecule has 0 saturated heterocycles. The van der Waals surface area contributed by atoms with Gasteiger partial charge in [-0.1, -0.05) is 29.3 Å². The van der Waals surface area contributed by atoms with Gasteiger partial charge in [0.2, 0.25) is 0 Å². The number of nitrogens with one attached hydrogen (secondary N) is 2. The van der Waals surface area contributed by atoms with Gasteiger partial charge in [-0.05, 0) is 50.3 Å². The van der Waals surface area contributed by atoms with E-state index in [0.29, 0.717) is 10.6 Å². The van der Waals surface area contributed by atoms with Crippen LogP contribution in [0.3, 0.4) is 0 Å². The monoisotopic (exact) mass is 440 g/mol. The number of carbonyl (C=O) groups excluding carboxylic acids is 3. The topological polar surface area (TPSA) is 84.5 Å². The van der Waals surface area contributed by atoms with Gasteiger partial charge in [0, 0.05) is 4.88 Å². The Morgan fingerprint density at radius 3 is 2.46 bits per heavy atom. The number of carbonyl (C=O) groups is 3. The molecule has 2 N–H and O–H groups in total. The van der Waals surface area contributed by atoms with Crippen molar-refractivity contribution in [2.45, 2.75) is 32.6 Å². The molecule has 3 rings (SSSR count). The van der Waals surface area contributed by atoms with E-state index in [1.165, 1.54) is 23.5 Å². The van der Waals surface area contributed by atoms with Gasteiger partial charge < -0.3 is 4.74 Å². The molecule has 1 aromatic carbocycles. The third-order valence-electron chi connectivity index (χ3n) is 4.29. The standard InChI is InChI=1S/C19H18Cl2N2O4S/c1-2-27-18(25)14-10-6-3-4-9-13(10)28-17(14)23-19(26)22-16(24)15-11(20)7-5-8-12(15)21/h5,7-8H,2-4,6,9H2,1H3,(H2,22,23,24,26). The Bertz CT molecular complexity index is 922. The van der Waals surface area contributed by atoms with E-state index in [1.54, 1.807) is 13.0 Å². The Morgan fingerprint density at radius 2 is 1.79 bits per heavy atom. The van der Waals surface area contributed by atoms with Crippen LogP contribution in [0.25, 0.3) is 0 Å². The summed E-state index contributed by atoms with van der Waals surface area (Å²) in [6.45, 7) is 1.96. The summed E-state index contributed by atoms with van der Waals surface area (Å²) in [5, 5.41) is 5.46. The van der Waals surface area contributed by atoms with Crippen molar-refractivity contribution in [1.29, 1.82) is 0 Å². The number of imide groups is 1. The Balaban J connectivity index is 1.81. The first-order chi connectivity index (χ1) is 13.4. The maximum Gasteiger partial charge on any atom is 0.341 e. The number of hydrogen-bond donors (Lipinski definition) is 2. The molecule has 0 saturated carbocycles. The van der Waals surface area contributed by atoms with Crippen LogP contribution in [-0.2, 0) is 17.6 Å². The van der Waals surface area contributed by atoms with Crippen LogP contribution >= 0.6 is 34.5 Å². The molecule has 1 aliphatic carbocycles. The summed E-state index contributed by atoms with van der Waals surface area (Å²) in [5.74, 6) is -1.20. The van der Waals surface area contributed by atoms with Crippen LogP contribution in [-0.4, -0.2) is 24.5 Å². The number of hydrogen-bond acceptors (Lipinski definition) is 5. The Morgan fingerprint density at radius 1 is 1.11 bits per heavy atom. The van der Waals surface area contributed by atoms with Gasteiger partial charge in [0.15, 0.2) is 0 Å². The minimum absolute atomic E-state index is 0.0112. The van der Waals surface area contributed by atoms with Crippen molar-refractivity contribution < 1.29 is 19.1 Å². The smallest absolute Gasteiger partial charge is 0.341 e. The highest BCUT2D eigenvalue weighted by molar-refractivity contribution is 7.17. The lowest BCUT2D eigenvalue weighted by atomic mass is 9.95. The lowest BCUT2D eigenvalue weighted by Crippen LogP contribution is -2.34. The van der Waals surface area contributed by atoms with Crippen molar-refractivity contribution in [3.8, 4) is 0 Å². The van der Waals surface area contributed by atoms with Crippen molar-refractivity contribution in [3.05, 3.63) is 49.8 Å². The highest BCUT2D eigenvalue weighted by Crippen LogP contribution is 2.38. The first-order valence-electron chi connectivity index (χ1n) is 8.80. The molecule has 148 valence electrons. The largest absolute Gasteiger partial charge is 0.462 e. The number of amides is 3. The number of aryl methyl sites for hydroxylation is 1. The van der Waals surface area contributed by atoms with E-state index in [9.17, 15) is 14.4 Å². The Kier molecular flexibility index (Phi) is 6.59. The number of halogens is 2. The lowest BCUT2D eigenvalue weighted by molar-refractivity contribution is 0.0526. The molecule has 3 amide bonds. The molecule has 1 aliphatic rings. The predicted molar refractivity (Wildman–Crippen MR) is 110 cm³/mol. The highest BCUT2D eigenvalue weighted by Gasteiger charge is 2.27. The maximum absolute atomic E-state index is 12.4. The van der Waals surface area contributed by atoms with Crippen molar-refractivity contribution in [2.75, 3.05) is 11.9 Å². The first kappa shape index (κ1) is 20.6. The summed E-state index contributed by atoms with van der Waals surface area (Å²) in [6, 6.07) is 3.84. The number of ether oxygens (including phenoxy) is 1. The van der Waals surface area contributed by atoms with Gasteiger partial charge >= 0.3 is 12.0 Å². The van der Waals surface area contributed by atoms with E-state index in [2.05, 4.69) is 10.6 Å². The molecule has 28 heavy (non-hydrogen) atoms. The van der Waals surface area contributed by atoms with Crippen LogP contribution in [0.15, 0.2) is 18.2 Å². The van der Waals surface area contributed by atoms with E-state index in [1.807, 2.05) is 0 Å². The molecule has 1 aromatic heterocycles. The van der Waals surface area contributed by atoms with Crippen LogP contribution in [0.2, 0.25) is 10.0 Å². The minimum atomic E-state index is -0.773. The molecule has 0 aliphatic heterocycles. The van der Waals surface area contributed by atoms with E-state index < -0.39 is 17.9 Å². The average molecular weight is 441 g/mol. The van der Waals surface area contributed by atoms with Crippen LogP contribution in [0.5, 0.6) is 0 Å². The van der Waals surface area contributed by atoms with Gasteiger partial charge in [-0.3, -0.25) is 15.4 Å². The fourth-order valence-electron chi connectivity index (χ4n) is 3.09. The third kappa shape index (κ3) is 4.32. The molecule has 2 aromatic rings. The first-order valence-corrected chi connectivity index (χ1v) is 10.4. The van der Waals surface area contributed by atoms with Crippen molar-refractivity contribution in [1.82, 2.24) is 5.32 Å². The number of benzene rings is 1. The summed E-state index contributed by atoms with van der Waals surface area (Å²) in [4.78, 5) is 38.2. The molecule has 0 atom stereocenters. The molecule has 6 nitrogen and oxygen atoms in total. The summed E-state index contributed by atoms with van der Waals surface area (Å²) in [6.07, 6.45) is 3.62. The fourth-order valence-corrected chi connectivity index (χ4v) is 4.93. The van der Waals surface area contributed by atoms with Gasteiger partial charge in [-0.15, -0.1) is 11.3 Å². The predicted octanol–water partition coefficient (Wildman–Crippen LogP) is 5.07. The summed E-state index contributed by atoms with van der Waals surface area (Å²) >= 11 is 13.3. The van der Waals surface area contributed by atoms with Gasteiger partial charge in [0.25, 0.3) is 5.91 Å². The molecule has 0 fully saturated rings. The van der Waals surface area contributed by atoms with Crippen LogP contribution in [0.1, 0.15) is 50.9 Å². The summed E-state index contributed by atoms with van der Waals surface area (Å²) in [7, 11) is 0. The fraction of sp³-hybridized carbons (Fsp3) is 0.316. The van der Waals surface area contributed by atoms with E-state index in [4.69, 9.17) is 27.9 Å². The minimum Gasteiger partial charge on any atom is -0.462 e. The summed E-state index contributed by atoms with van der Waals surface area (Å²) < 4.78 is 5.15. The van der Waals surface area contributed by atoms with Crippen molar-refractivity contribution in [2.24, 2.45) is 0 Å². The molecule has 0 bridgehead atoms. The average Bonchev–Trinajstić information content (AvgIpc) is 2.99. The Hall–Kier alpha value is -2.09. The van der Waals surface area contributed by atoms with Crippen LogP contribution in [0.4, 0.5) is 9.80 Å². The van der Waals surface area contributed by atoms with E-state index in [-0.39, 0.29) is 22.2 Å². The molecule has 9 heteroatoms. The van der Waals surface area contributed by atoms with Gasteiger partial charge in [-0.2, -0.15) is 0 Å². The van der Waals surface area contributed by atoms with E-state index in [0.717, 1.165) is 36.1 Å². The summed E-state index contributed by atoms with van der Waals surface area (Å²) in [5.41, 5.74) is 1.31. The molecular weight excluding hydrogens is 423 g/mol. The number of urea groups is 1. The second-order valence-electron chi connectivity index (χ2n) is 6.14. The van der Waals surface area contributed by atoms with Gasteiger partial charge in [0.1, 0.15) is 5.00 Å². The second kappa shape index (κ2) is 8.94. The number of fused-ring (bicyclic) bond motifs is 1. The highest BCUT2D eigenvalue weighted by atomic mass is 35.5. The van der Waals surface area contributed by atoms with Gasteiger partial charge in [-0.25, -0.2) is 9.59 Å². The normalized spacial score (nSPS) is 12.8. The molecule has 1 heterocycles. The molecule has 0 spiro atoms. The number of rotatable bonds is 4. The zero-order chi connectivity index (χ0) is 20.3. The zero-order valence-electron chi connectivity index (χ0n) is 15.1.